The monoisotopic (exact) mass is 728 g/mol. The first-order valence-corrected chi connectivity index (χ1v) is 20.0. The molecule has 0 unspecified atom stereocenters. The van der Waals surface area contributed by atoms with Crippen LogP contribution in [0.25, 0.3) is 78.2 Å². The lowest BCUT2D eigenvalue weighted by Gasteiger charge is -2.34. The van der Waals surface area contributed by atoms with Crippen LogP contribution in [0.3, 0.4) is 0 Å². The highest BCUT2D eigenvalue weighted by molar-refractivity contribution is 7.00. The van der Waals surface area contributed by atoms with Crippen molar-refractivity contribution in [1.82, 2.24) is 19.1 Å². The van der Waals surface area contributed by atoms with Gasteiger partial charge in [-0.3, -0.25) is 9.13 Å². The fraction of sp³-hybridized carbons (Fsp3) is 0.240. The topological polar surface area (TPSA) is 48.8 Å². The summed E-state index contributed by atoms with van der Waals surface area (Å²) in [6.07, 6.45) is 0. The van der Waals surface area contributed by atoms with E-state index in [2.05, 4.69) is 169 Å². The molecule has 0 saturated heterocycles. The Kier molecular flexibility index (Phi) is 6.52. The van der Waals surface area contributed by atoms with Crippen molar-refractivity contribution in [2.24, 2.45) is 0 Å². The Morgan fingerprint density at radius 1 is 0.554 bits per heavy atom. The van der Waals surface area contributed by atoms with Crippen molar-refractivity contribution in [3.05, 3.63) is 124 Å². The van der Waals surface area contributed by atoms with E-state index in [0.717, 1.165) is 61.4 Å². The van der Waals surface area contributed by atoms with Crippen LogP contribution in [-0.4, -0.2) is 25.8 Å². The summed E-state index contributed by atoms with van der Waals surface area (Å²) < 4.78 is 11.8. The standard InChI is InChI=1S/C50H45BN4O/c1-26-14-11-15-27(2)40(26)47-52-36-24-31(50(8,9)10)23-34-44(36)54(47)37-18-13-19-38-42(37)51(34)35-25-33-32-22-30(49(5,6)7)20-21-39(32)56-46(33)43-45(35)55(38)48(53-43)41-28(3)16-12-17-29(41)4/h11-25H,1-10H3. The van der Waals surface area contributed by atoms with E-state index in [1.807, 2.05) is 0 Å². The highest BCUT2D eigenvalue weighted by atomic mass is 16.3. The number of hydrogen-bond acceptors (Lipinski definition) is 3. The van der Waals surface area contributed by atoms with Crippen molar-refractivity contribution in [2.45, 2.75) is 80.1 Å². The molecule has 0 aliphatic carbocycles. The van der Waals surface area contributed by atoms with Crippen LogP contribution in [0.1, 0.15) is 74.9 Å². The molecule has 9 aromatic rings. The Bertz CT molecular complexity index is 3170. The predicted octanol–water partition coefficient (Wildman–Crippen LogP) is 10.6. The van der Waals surface area contributed by atoms with Crippen LogP contribution in [-0.2, 0) is 10.8 Å². The SMILES string of the molecule is Cc1cccc(C)c1-c1nc2cc(C(C)(C)C)cc3c2n1-c1cccc2c1B3c1cc3c4cc(C(C)(C)C)ccc4oc3c3nc(-c4c(C)cccc4C)n-2c13. The molecule has 0 atom stereocenters. The molecular formula is C50H45BN4O. The molecule has 5 heterocycles. The molecule has 0 amide bonds. The van der Waals surface area contributed by atoms with Gasteiger partial charge in [-0.2, -0.15) is 0 Å². The second-order valence-corrected chi connectivity index (χ2v) is 18.5. The molecule has 2 aliphatic heterocycles. The number of furan rings is 1. The first-order valence-electron chi connectivity index (χ1n) is 20.0. The number of aromatic nitrogens is 4. The van der Waals surface area contributed by atoms with Crippen molar-refractivity contribution >= 4 is 67.1 Å². The zero-order valence-corrected chi connectivity index (χ0v) is 33.9. The van der Waals surface area contributed by atoms with Crippen LogP contribution >= 0.6 is 0 Å². The minimum absolute atomic E-state index is 0.00491. The van der Waals surface area contributed by atoms with Crippen molar-refractivity contribution < 1.29 is 4.42 Å². The summed E-state index contributed by atoms with van der Waals surface area (Å²) in [7, 11) is 0. The highest BCUT2D eigenvalue weighted by Gasteiger charge is 2.43. The van der Waals surface area contributed by atoms with Gasteiger partial charge in [-0.15, -0.1) is 0 Å². The lowest BCUT2D eigenvalue weighted by atomic mass is 9.34. The lowest BCUT2D eigenvalue weighted by molar-refractivity contribution is 0.590. The molecule has 3 aromatic heterocycles. The molecule has 0 bridgehead atoms. The Morgan fingerprint density at radius 3 is 1.71 bits per heavy atom. The third-order valence-corrected chi connectivity index (χ3v) is 12.8. The summed E-state index contributed by atoms with van der Waals surface area (Å²) in [5.74, 6) is 1.95. The summed E-state index contributed by atoms with van der Waals surface area (Å²) in [6, 6.07) is 33.9. The average molecular weight is 729 g/mol. The van der Waals surface area contributed by atoms with Gasteiger partial charge in [-0.05, 0) is 119 Å². The molecule has 0 radical (unpaired) electrons. The first kappa shape index (κ1) is 33.5. The number of aryl methyl sites for hydroxylation is 4. The Balaban J connectivity index is 1.35. The van der Waals surface area contributed by atoms with E-state index < -0.39 is 0 Å². The Morgan fingerprint density at radius 2 is 1.11 bits per heavy atom. The largest absolute Gasteiger partial charge is 0.454 e. The Labute approximate surface area is 328 Å². The maximum Gasteiger partial charge on any atom is 0.252 e. The molecule has 0 fully saturated rings. The minimum Gasteiger partial charge on any atom is -0.454 e. The van der Waals surface area contributed by atoms with E-state index >= 15 is 0 Å². The molecule has 56 heavy (non-hydrogen) atoms. The summed E-state index contributed by atoms with van der Waals surface area (Å²) in [6.45, 7) is 22.6. The second kappa shape index (κ2) is 10.9. The fourth-order valence-corrected chi connectivity index (χ4v) is 9.93. The summed E-state index contributed by atoms with van der Waals surface area (Å²) >= 11 is 0. The number of imidazole rings is 2. The zero-order chi connectivity index (χ0) is 38.7. The number of fused-ring (bicyclic) bond motifs is 8. The van der Waals surface area contributed by atoms with Crippen LogP contribution in [0.5, 0.6) is 0 Å². The molecule has 2 aliphatic rings. The predicted molar refractivity (Wildman–Crippen MR) is 235 cm³/mol. The second-order valence-electron chi connectivity index (χ2n) is 18.5. The molecule has 6 aromatic carbocycles. The van der Waals surface area contributed by atoms with E-state index in [9.17, 15) is 0 Å². The van der Waals surface area contributed by atoms with Gasteiger partial charge in [0.25, 0.3) is 6.71 Å². The van der Waals surface area contributed by atoms with Crippen LogP contribution in [0, 0.1) is 27.7 Å². The normalized spacial score (nSPS) is 13.5. The van der Waals surface area contributed by atoms with Crippen molar-refractivity contribution in [3.63, 3.8) is 0 Å². The molecule has 5 nitrogen and oxygen atoms in total. The van der Waals surface area contributed by atoms with Gasteiger partial charge in [0, 0.05) is 33.3 Å². The van der Waals surface area contributed by atoms with E-state index in [1.165, 1.54) is 66.5 Å². The number of hydrogen-bond donors (Lipinski definition) is 0. The van der Waals surface area contributed by atoms with Crippen LogP contribution < -0.4 is 16.4 Å². The van der Waals surface area contributed by atoms with Crippen LogP contribution in [0.4, 0.5) is 0 Å². The Hall–Kier alpha value is -5.88. The van der Waals surface area contributed by atoms with Crippen molar-refractivity contribution in [3.8, 4) is 34.2 Å². The fourth-order valence-electron chi connectivity index (χ4n) is 9.93. The molecule has 0 spiro atoms. The molecular weight excluding hydrogens is 683 g/mol. The lowest BCUT2D eigenvalue weighted by Crippen LogP contribution is -2.59. The van der Waals surface area contributed by atoms with Gasteiger partial charge in [0.15, 0.2) is 5.58 Å². The van der Waals surface area contributed by atoms with Gasteiger partial charge in [-0.25, -0.2) is 9.97 Å². The third-order valence-electron chi connectivity index (χ3n) is 12.8. The van der Waals surface area contributed by atoms with E-state index in [-0.39, 0.29) is 17.5 Å². The number of rotatable bonds is 2. The zero-order valence-electron chi connectivity index (χ0n) is 33.9. The molecule has 0 N–H and O–H groups in total. The molecule has 11 rings (SSSR count). The minimum atomic E-state index is -0.0810. The number of nitrogens with zero attached hydrogens (tertiary/aromatic N) is 4. The first-order chi connectivity index (χ1) is 26.7. The van der Waals surface area contributed by atoms with Gasteiger partial charge in [0.2, 0.25) is 0 Å². The van der Waals surface area contributed by atoms with E-state index in [0.29, 0.717) is 0 Å². The molecule has 6 heteroatoms. The maximum absolute atomic E-state index is 6.88. The van der Waals surface area contributed by atoms with E-state index in [1.54, 1.807) is 0 Å². The van der Waals surface area contributed by atoms with Gasteiger partial charge >= 0.3 is 0 Å². The maximum atomic E-state index is 6.88. The van der Waals surface area contributed by atoms with Gasteiger partial charge in [-0.1, -0.05) is 102 Å². The highest BCUT2D eigenvalue weighted by Crippen LogP contribution is 2.43. The summed E-state index contributed by atoms with van der Waals surface area (Å²) in [4.78, 5) is 11.3. The smallest absolute Gasteiger partial charge is 0.252 e. The quantitative estimate of drug-likeness (QED) is 0.167. The number of benzene rings is 6. The van der Waals surface area contributed by atoms with Gasteiger partial charge in [0.05, 0.1) is 16.6 Å². The molecule has 0 saturated carbocycles. The summed E-state index contributed by atoms with van der Waals surface area (Å²) in [5, 5.41) is 2.25. The van der Waals surface area contributed by atoms with Crippen LogP contribution in [0.2, 0.25) is 0 Å². The average Bonchev–Trinajstić information content (AvgIpc) is 3.83. The van der Waals surface area contributed by atoms with Gasteiger partial charge in [0.1, 0.15) is 22.7 Å². The summed E-state index contributed by atoms with van der Waals surface area (Å²) in [5.41, 5.74) is 21.9. The third kappa shape index (κ3) is 4.33. The molecule has 274 valence electrons. The van der Waals surface area contributed by atoms with E-state index in [4.69, 9.17) is 14.4 Å². The van der Waals surface area contributed by atoms with Gasteiger partial charge < -0.3 is 4.42 Å². The van der Waals surface area contributed by atoms with Crippen molar-refractivity contribution in [1.29, 1.82) is 0 Å². The van der Waals surface area contributed by atoms with Crippen molar-refractivity contribution in [2.75, 3.05) is 0 Å². The van der Waals surface area contributed by atoms with Crippen LogP contribution in [0.15, 0.2) is 95.4 Å².